The molecule has 2 aromatic heterocycles. The first-order valence-corrected chi connectivity index (χ1v) is 10.4. The number of hydrogen-bond acceptors (Lipinski definition) is 5. The fourth-order valence-electron chi connectivity index (χ4n) is 3.88. The standard InChI is InChI=1S/C25H22FN3O4/c1-14-8-9-17(11-21(14)26)29-15(2)10-20(16(29)3)23(30)13-33-24(31)12-22-18-6-4-5-7-19(18)25(32)28-27-22/h4-11H,12-13H2,1-3H3,(H,28,32). The molecule has 7 nitrogen and oxygen atoms in total. The van der Waals surface area contributed by atoms with E-state index in [0.29, 0.717) is 39.0 Å². The lowest BCUT2D eigenvalue weighted by atomic mass is 10.1. The lowest BCUT2D eigenvalue weighted by Gasteiger charge is -2.11. The van der Waals surface area contributed by atoms with E-state index >= 15 is 0 Å². The molecular weight excluding hydrogens is 425 g/mol. The molecule has 0 spiro atoms. The number of aryl methyl sites for hydroxylation is 2. The summed E-state index contributed by atoms with van der Waals surface area (Å²) in [5.41, 5.74) is 2.95. The van der Waals surface area contributed by atoms with Crippen molar-refractivity contribution >= 4 is 22.5 Å². The van der Waals surface area contributed by atoms with Gasteiger partial charge in [-0.15, -0.1) is 0 Å². The number of aromatic nitrogens is 3. The van der Waals surface area contributed by atoms with E-state index in [-0.39, 0.29) is 23.6 Å². The number of nitrogens with one attached hydrogen (secondary N) is 1. The van der Waals surface area contributed by atoms with Crippen LogP contribution in [0, 0.1) is 26.6 Å². The average Bonchev–Trinajstić information content (AvgIpc) is 3.10. The summed E-state index contributed by atoms with van der Waals surface area (Å²) in [6, 6.07) is 13.4. The van der Waals surface area contributed by atoms with E-state index in [1.54, 1.807) is 60.9 Å². The number of carbonyl (C=O) groups excluding carboxylic acids is 2. The molecule has 8 heteroatoms. The molecule has 0 amide bonds. The summed E-state index contributed by atoms with van der Waals surface area (Å²) in [6.07, 6.45) is -0.188. The van der Waals surface area contributed by atoms with Gasteiger partial charge in [0.15, 0.2) is 6.61 Å². The third-order valence-corrected chi connectivity index (χ3v) is 5.60. The van der Waals surface area contributed by atoms with Crippen molar-refractivity contribution in [2.45, 2.75) is 27.2 Å². The Balaban J connectivity index is 1.48. The maximum Gasteiger partial charge on any atom is 0.312 e. The number of rotatable bonds is 6. The molecular formula is C25H22FN3O4. The van der Waals surface area contributed by atoms with Crippen molar-refractivity contribution in [3.63, 3.8) is 0 Å². The summed E-state index contributed by atoms with van der Waals surface area (Å²) in [5.74, 6) is -1.33. The fourth-order valence-corrected chi connectivity index (χ4v) is 3.88. The van der Waals surface area contributed by atoms with Gasteiger partial charge in [-0.05, 0) is 50.6 Å². The summed E-state index contributed by atoms with van der Waals surface area (Å²) in [7, 11) is 0. The highest BCUT2D eigenvalue weighted by Crippen LogP contribution is 2.23. The van der Waals surface area contributed by atoms with E-state index in [4.69, 9.17) is 4.74 Å². The second kappa shape index (κ2) is 8.82. The van der Waals surface area contributed by atoms with Crippen LogP contribution in [0.3, 0.4) is 0 Å². The van der Waals surface area contributed by atoms with Crippen LogP contribution in [0.1, 0.15) is 33.0 Å². The molecule has 0 aliphatic carbocycles. The number of hydrogen-bond donors (Lipinski definition) is 1. The van der Waals surface area contributed by atoms with Crippen LogP contribution >= 0.6 is 0 Å². The van der Waals surface area contributed by atoms with Crippen molar-refractivity contribution in [1.29, 1.82) is 0 Å². The summed E-state index contributed by atoms with van der Waals surface area (Å²) in [4.78, 5) is 37.0. The predicted octanol–water partition coefficient (Wildman–Crippen LogP) is 3.75. The van der Waals surface area contributed by atoms with Crippen molar-refractivity contribution in [2.75, 3.05) is 6.61 Å². The Hall–Kier alpha value is -4.07. The van der Waals surface area contributed by atoms with Gasteiger partial charge in [-0.1, -0.05) is 24.3 Å². The van der Waals surface area contributed by atoms with E-state index in [1.165, 1.54) is 6.07 Å². The number of halogens is 1. The number of nitrogens with zero attached hydrogens (tertiary/aromatic N) is 2. The summed E-state index contributed by atoms with van der Waals surface area (Å²) < 4.78 is 21.0. The zero-order valence-corrected chi connectivity index (χ0v) is 18.4. The van der Waals surface area contributed by atoms with Crippen LogP contribution < -0.4 is 5.56 Å². The number of aromatic amines is 1. The minimum absolute atomic E-state index is 0.188. The van der Waals surface area contributed by atoms with E-state index in [9.17, 15) is 18.8 Å². The Morgan fingerprint density at radius 2 is 1.79 bits per heavy atom. The monoisotopic (exact) mass is 447 g/mol. The number of Topliss-reactive ketones (excluding diaryl/α,β-unsaturated/α-hetero) is 1. The Morgan fingerprint density at radius 1 is 1.06 bits per heavy atom. The summed E-state index contributed by atoms with van der Waals surface area (Å²) >= 11 is 0. The van der Waals surface area contributed by atoms with Gasteiger partial charge in [-0.3, -0.25) is 14.4 Å². The van der Waals surface area contributed by atoms with E-state index in [0.717, 1.165) is 5.69 Å². The lowest BCUT2D eigenvalue weighted by Crippen LogP contribution is -2.18. The van der Waals surface area contributed by atoms with Gasteiger partial charge in [0, 0.05) is 28.0 Å². The maximum absolute atomic E-state index is 14.0. The van der Waals surface area contributed by atoms with Gasteiger partial charge in [0.25, 0.3) is 5.56 Å². The Morgan fingerprint density at radius 3 is 2.52 bits per heavy atom. The Bertz CT molecular complexity index is 1450. The zero-order valence-electron chi connectivity index (χ0n) is 18.4. The minimum Gasteiger partial charge on any atom is -0.457 e. The highest BCUT2D eigenvalue weighted by atomic mass is 19.1. The van der Waals surface area contributed by atoms with Crippen LogP contribution in [-0.2, 0) is 16.0 Å². The Kier molecular flexibility index (Phi) is 5.91. The molecule has 2 aromatic carbocycles. The number of benzene rings is 2. The molecule has 33 heavy (non-hydrogen) atoms. The first-order valence-electron chi connectivity index (χ1n) is 10.4. The molecule has 0 radical (unpaired) electrons. The normalized spacial score (nSPS) is 11.0. The number of H-pyrrole nitrogens is 1. The van der Waals surface area contributed by atoms with Crippen LogP contribution in [0.25, 0.3) is 16.5 Å². The molecule has 0 aliphatic rings. The largest absolute Gasteiger partial charge is 0.457 e. The van der Waals surface area contributed by atoms with Crippen molar-refractivity contribution < 1.29 is 18.7 Å². The SMILES string of the molecule is Cc1ccc(-n2c(C)cc(C(=O)COC(=O)Cc3n[nH]c(=O)c4ccccc34)c2C)cc1F. The van der Waals surface area contributed by atoms with Crippen LogP contribution in [0.2, 0.25) is 0 Å². The van der Waals surface area contributed by atoms with E-state index in [1.807, 2.05) is 6.92 Å². The molecule has 0 atom stereocenters. The quantitative estimate of drug-likeness (QED) is 0.359. The lowest BCUT2D eigenvalue weighted by molar-refractivity contribution is -0.141. The second-order valence-corrected chi connectivity index (χ2v) is 7.86. The highest BCUT2D eigenvalue weighted by Gasteiger charge is 2.19. The highest BCUT2D eigenvalue weighted by molar-refractivity contribution is 5.99. The summed E-state index contributed by atoms with van der Waals surface area (Å²) in [6.45, 7) is 4.83. The fraction of sp³-hybridized carbons (Fsp3) is 0.200. The third kappa shape index (κ3) is 4.32. The van der Waals surface area contributed by atoms with Gasteiger partial charge in [0.05, 0.1) is 17.5 Å². The molecule has 0 fully saturated rings. The maximum atomic E-state index is 14.0. The zero-order chi connectivity index (χ0) is 23.7. The van der Waals surface area contributed by atoms with Gasteiger partial charge in [0.2, 0.25) is 5.78 Å². The summed E-state index contributed by atoms with van der Waals surface area (Å²) in [5, 5.41) is 7.30. The van der Waals surface area contributed by atoms with Crippen molar-refractivity contribution in [2.24, 2.45) is 0 Å². The molecule has 4 aromatic rings. The number of ether oxygens (including phenoxy) is 1. The molecule has 1 N–H and O–H groups in total. The Labute approximate surface area is 188 Å². The van der Waals surface area contributed by atoms with Crippen molar-refractivity contribution in [1.82, 2.24) is 14.8 Å². The van der Waals surface area contributed by atoms with Gasteiger partial charge in [-0.25, -0.2) is 9.49 Å². The van der Waals surface area contributed by atoms with Gasteiger partial charge < -0.3 is 9.30 Å². The minimum atomic E-state index is -0.637. The van der Waals surface area contributed by atoms with Crippen molar-refractivity contribution in [3.8, 4) is 5.69 Å². The number of esters is 1. The molecule has 0 saturated carbocycles. The molecule has 0 bridgehead atoms. The van der Waals surface area contributed by atoms with Gasteiger partial charge in [-0.2, -0.15) is 5.10 Å². The molecule has 0 saturated heterocycles. The topological polar surface area (TPSA) is 94.0 Å². The molecule has 0 aliphatic heterocycles. The molecule has 4 rings (SSSR count). The van der Waals surface area contributed by atoms with E-state index in [2.05, 4.69) is 10.2 Å². The number of fused-ring (bicyclic) bond motifs is 1. The molecule has 0 unspecified atom stereocenters. The van der Waals surface area contributed by atoms with Gasteiger partial charge >= 0.3 is 5.97 Å². The average molecular weight is 447 g/mol. The third-order valence-electron chi connectivity index (χ3n) is 5.60. The van der Waals surface area contributed by atoms with Crippen molar-refractivity contribution in [3.05, 3.63) is 92.9 Å². The van der Waals surface area contributed by atoms with E-state index < -0.39 is 12.6 Å². The van der Waals surface area contributed by atoms with Crippen LogP contribution in [-0.4, -0.2) is 33.1 Å². The first-order chi connectivity index (χ1) is 15.8. The van der Waals surface area contributed by atoms with Gasteiger partial charge in [0.1, 0.15) is 5.82 Å². The smallest absolute Gasteiger partial charge is 0.312 e. The van der Waals surface area contributed by atoms with Crippen LogP contribution in [0.15, 0.2) is 53.3 Å². The molecule has 168 valence electrons. The second-order valence-electron chi connectivity index (χ2n) is 7.86. The first kappa shape index (κ1) is 22.1. The number of ketones is 1. The van der Waals surface area contributed by atoms with Crippen LogP contribution in [0.5, 0.6) is 0 Å². The number of carbonyl (C=O) groups is 2. The van der Waals surface area contributed by atoms with Crippen LogP contribution in [0.4, 0.5) is 4.39 Å². The molecule has 2 heterocycles. The predicted molar refractivity (Wildman–Crippen MR) is 121 cm³/mol.